The van der Waals surface area contributed by atoms with Gasteiger partial charge >= 0.3 is 0 Å². The molecule has 2 rings (SSSR count). The summed E-state index contributed by atoms with van der Waals surface area (Å²) < 4.78 is 0. The number of hydrogen-bond acceptors (Lipinski definition) is 4. The number of aldehydes is 1. The summed E-state index contributed by atoms with van der Waals surface area (Å²) in [5, 5.41) is 11.7. The van der Waals surface area contributed by atoms with Crippen LogP contribution in [-0.2, 0) is 7.05 Å². The summed E-state index contributed by atoms with van der Waals surface area (Å²) in [5.74, 6) is 0.475. The number of rotatable bonds is 2. The van der Waals surface area contributed by atoms with Gasteiger partial charge in [-0.15, -0.1) is 10.2 Å². The van der Waals surface area contributed by atoms with E-state index in [1.807, 2.05) is 19.1 Å². The predicted molar refractivity (Wildman–Crippen MR) is 54.4 cm³/mol. The van der Waals surface area contributed by atoms with Crippen LogP contribution in [0.25, 0.3) is 11.4 Å². The fourth-order valence-electron chi connectivity index (χ4n) is 1.36. The highest BCUT2D eigenvalue weighted by molar-refractivity contribution is 5.85. The third-order valence-corrected chi connectivity index (χ3v) is 2.08. The number of carbonyl (C=O) groups is 1. The van der Waals surface area contributed by atoms with Crippen molar-refractivity contribution in [2.24, 2.45) is 7.05 Å². The average Bonchev–Trinajstić information content (AvgIpc) is 2.65. The summed E-state index contributed by atoms with van der Waals surface area (Å²) in [6.07, 6.45) is 0.797. The first kappa shape index (κ1) is 9.51. The smallest absolute Gasteiger partial charge is 0.205 e. The molecule has 0 bridgehead atoms. The highest BCUT2D eigenvalue weighted by Crippen LogP contribution is 2.19. The molecule has 0 spiro atoms. The van der Waals surface area contributed by atoms with Crippen LogP contribution in [0.4, 0.5) is 0 Å². The summed E-state index contributed by atoms with van der Waals surface area (Å²) in [6, 6.07) is 5.51. The summed E-state index contributed by atoms with van der Waals surface area (Å²) in [7, 11) is 1.69. The van der Waals surface area contributed by atoms with Crippen LogP contribution >= 0.6 is 0 Å². The van der Waals surface area contributed by atoms with E-state index >= 15 is 0 Å². The Morgan fingerprint density at radius 2 is 2.20 bits per heavy atom. The van der Waals surface area contributed by atoms with E-state index in [9.17, 15) is 4.79 Å². The van der Waals surface area contributed by atoms with Gasteiger partial charge in [0, 0.05) is 11.1 Å². The minimum Gasteiger partial charge on any atom is -0.298 e. The number of carbonyl (C=O) groups excluding carboxylic acids is 1. The standard InChI is InChI=1S/C10H10N4O/c1-7-3-4-8(6-15)9(5-7)10-11-13-14(2)12-10/h3-6H,1-2H3. The van der Waals surface area contributed by atoms with E-state index in [0.717, 1.165) is 17.4 Å². The number of aryl methyl sites for hydroxylation is 2. The van der Waals surface area contributed by atoms with E-state index in [-0.39, 0.29) is 0 Å². The molecular weight excluding hydrogens is 192 g/mol. The van der Waals surface area contributed by atoms with Crippen molar-refractivity contribution in [3.63, 3.8) is 0 Å². The zero-order chi connectivity index (χ0) is 10.8. The van der Waals surface area contributed by atoms with Gasteiger partial charge in [-0.2, -0.15) is 4.80 Å². The van der Waals surface area contributed by atoms with E-state index in [1.165, 1.54) is 4.80 Å². The second-order valence-electron chi connectivity index (χ2n) is 3.31. The molecule has 0 N–H and O–H groups in total. The van der Waals surface area contributed by atoms with Crippen LogP contribution < -0.4 is 0 Å². The van der Waals surface area contributed by atoms with Gasteiger partial charge in [0.2, 0.25) is 5.82 Å². The molecule has 5 nitrogen and oxygen atoms in total. The van der Waals surface area contributed by atoms with Gasteiger partial charge in [-0.3, -0.25) is 4.79 Å². The maximum absolute atomic E-state index is 10.8. The van der Waals surface area contributed by atoms with Gasteiger partial charge in [-0.05, 0) is 18.2 Å². The van der Waals surface area contributed by atoms with Crippen molar-refractivity contribution in [2.75, 3.05) is 0 Å². The average molecular weight is 202 g/mol. The van der Waals surface area contributed by atoms with Crippen LogP contribution in [0.1, 0.15) is 15.9 Å². The lowest BCUT2D eigenvalue weighted by Crippen LogP contribution is -1.93. The van der Waals surface area contributed by atoms with Crippen molar-refractivity contribution < 1.29 is 4.79 Å². The van der Waals surface area contributed by atoms with Crippen LogP contribution in [-0.4, -0.2) is 26.5 Å². The van der Waals surface area contributed by atoms with E-state index in [0.29, 0.717) is 11.4 Å². The zero-order valence-corrected chi connectivity index (χ0v) is 8.51. The van der Waals surface area contributed by atoms with Crippen molar-refractivity contribution >= 4 is 6.29 Å². The molecule has 0 saturated heterocycles. The molecule has 0 fully saturated rings. The van der Waals surface area contributed by atoms with Gasteiger partial charge in [-0.25, -0.2) is 0 Å². The van der Waals surface area contributed by atoms with Crippen LogP contribution in [0.3, 0.4) is 0 Å². The molecular formula is C10H10N4O. The van der Waals surface area contributed by atoms with Crippen molar-refractivity contribution in [2.45, 2.75) is 6.92 Å². The predicted octanol–water partition coefficient (Wildman–Crippen LogP) is 0.998. The van der Waals surface area contributed by atoms with Gasteiger partial charge in [-0.1, -0.05) is 17.7 Å². The second-order valence-corrected chi connectivity index (χ2v) is 3.31. The summed E-state index contributed by atoms with van der Waals surface area (Å²) >= 11 is 0. The third-order valence-electron chi connectivity index (χ3n) is 2.08. The topological polar surface area (TPSA) is 60.7 Å². The minimum atomic E-state index is 0.475. The van der Waals surface area contributed by atoms with Crippen LogP contribution in [0.2, 0.25) is 0 Å². The van der Waals surface area contributed by atoms with Gasteiger partial charge in [0.05, 0.1) is 7.05 Å². The number of aromatic nitrogens is 4. The van der Waals surface area contributed by atoms with E-state index in [4.69, 9.17) is 0 Å². The molecule has 76 valence electrons. The Kier molecular flexibility index (Phi) is 2.29. The molecule has 1 aromatic heterocycles. The molecule has 5 heteroatoms. The van der Waals surface area contributed by atoms with Crippen LogP contribution in [0.5, 0.6) is 0 Å². The fraction of sp³-hybridized carbons (Fsp3) is 0.200. The Morgan fingerprint density at radius 1 is 1.40 bits per heavy atom. The molecule has 0 saturated carbocycles. The lowest BCUT2D eigenvalue weighted by molar-refractivity contribution is 0.112. The molecule has 0 aliphatic rings. The van der Waals surface area contributed by atoms with Crippen molar-refractivity contribution in [1.82, 2.24) is 20.2 Å². The summed E-state index contributed by atoms with van der Waals surface area (Å²) in [6.45, 7) is 1.95. The Bertz CT molecular complexity index is 504. The zero-order valence-electron chi connectivity index (χ0n) is 8.51. The first-order chi connectivity index (χ1) is 7.20. The molecule has 1 heterocycles. The Labute approximate surface area is 86.7 Å². The maximum Gasteiger partial charge on any atom is 0.205 e. The number of tetrazole rings is 1. The maximum atomic E-state index is 10.8. The summed E-state index contributed by atoms with van der Waals surface area (Å²) in [4.78, 5) is 12.2. The van der Waals surface area contributed by atoms with E-state index in [2.05, 4.69) is 15.4 Å². The first-order valence-electron chi connectivity index (χ1n) is 4.51. The van der Waals surface area contributed by atoms with Gasteiger partial charge < -0.3 is 0 Å². The second kappa shape index (κ2) is 3.61. The lowest BCUT2D eigenvalue weighted by Gasteiger charge is -2.00. The van der Waals surface area contributed by atoms with Crippen molar-refractivity contribution in [3.05, 3.63) is 29.3 Å². The van der Waals surface area contributed by atoms with E-state index in [1.54, 1.807) is 13.1 Å². The Morgan fingerprint density at radius 3 is 2.80 bits per heavy atom. The van der Waals surface area contributed by atoms with Gasteiger partial charge in [0.1, 0.15) is 0 Å². The lowest BCUT2D eigenvalue weighted by atomic mass is 10.1. The number of nitrogens with zero attached hydrogens (tertiary/aromatic N) is 4. The first-order valence-corrected chi connectivity index (χ1v) is 4.51. The number of hydrogen-bond donors (Lipinski definition) is 0. The molecule has 2 aromatic rings. The third kappa shape index (κ3) is 1.76. The van der Waals surface area contributed by atoms with Gasteiger partial charge in [0.25, 0.3) is 0 Å². The van der Waals surface area contributed by atoms with Crippen LogP contribution in [0, 0.1) is 6.92 Å². The molecule has 0 aliphatic carbocycles. The Balaban J connectivity index is 2.59. The normalized spacial score (nSPS) is 10.3. The van der Waals surface area contributed by atoms with E-state index < -0.39 is 0 Å². The quantitative estimate of drug-likeness (QED) is 0.681. The minimum absolute atomic E-state index is 0.475. The van der Waals surface area contributed by atoms with Crippen LogP contribution in [0.15, 0.2) is 18.2 Å². The molecule has 0 unspecified atom stereocenters. The monoisotopic (exact) mass is 202 g/mol. The molecule has 0 radical (unpaired) electrons. The van der Waals surface area contributed by atoms with Crippen molar-refractivity contribution in [3.8, 4) is 11.4 Å². The molecule has 1 aromatic carbocycles. The van der Waals surface area contributed by atoms with Gasteiger partial charge in [0.15, 0.2) is 6.29 Å². The Hall–Kier alpha value is -2.04. The molecule has 15 heavy (non-hydrogen) atoms. The highest BCUT2D eigenvalue weighted by Gasteiger charge is 2.09. The molecule has 0 atom stereocenters. The molecule has 0 aliphatic heterocycles. The SMILES string of the molecule is Cc1ccc(C=O)c(-c2nnn(C)n2)c1. The highest BCUT2D eigenvalue weighted by atomic mass is 16.1. The fourth-order valence-corrected chi connectivity index (χ4v) is 1.36. The van der Waals surface area contributed by atoms with Crippen molar-refractivity contribution in [1.29, 1.82) is 0 Å². The largest absolute Gasteiger partial charge is 0.298 e. The summed E-state index contributed by atoms with van der Waals surface area (Å²) in [5.41, 5.74) is 2.36. The number of benzene rings is 1. The molecule has 0 amide bonds.